The van der Waals surface area contributed by atoms with Crippen LogP contribution in [0.2, 0.25) is 0 Å². The fourth-order valence-electron chi connectivity index (χ4n) is 2.46. The first-order chi connectivity index (χ1) is 13.1. The third-order valence-electron chi connectivity index (χ3n) is 4.04. The topological polar surface area (TPSA) is 100 Å². The molecule has 0 aliphatic rings. The van der Waals surface area contributed by atoms with Gasteiger partial charge in [-0.2, -0.15) is 0 Å². The molecule has 0 saturated carbocycles. The average Bonchev–Trinajstić information content (AvgIpc) is 2.64. The van der Waals surface area contributed by atoms with Crippen LogP contribution in [0.25, 0.3) is 0 Å². The van der Waals surface area contributed by atoms with Crippen molar-refractivity contribution in [1.29, 1.82) is 0 Å². The van der Waals surface area contributed by atoms with E-state index in [9.17, 15) is 9.59 Å². The number of rotatable bonds is 20. The van der Waals surface area contributed by atoms with Gasteiger partial charge in [-0.15, -0.1) is 0 Å². The van der Waals surface area contributed by atoms with Crippen LogP contribution in [0.3, 0.4) is 0 Å². The number of nitrogens with two attached hydrogens (primary N) is 1. The Balaban J connectivity index is 4.00. The zero-order chi connectivity index (χ0) is 20.2. The maximum atomic E-state index is 12.5. The lowest BCUT2D eigenvalue weighted by Gasteiger charge is -2.23. The van der Waals surface area contributed by atoms with E-state index >= 15 is 0 Å². The highest BCUT2D eigenvalue weighted by Gasteiger charge is 2.13. The Kier molecular flexibility index (Phi) is 18.7. The molecule has 0 spiro atoms. The Morgan fingerprint density at radius 3 is 1.67 bits per heavy atom. The van der Waals surface area contributed by atoms with E-state index < -0.39 is 0 Å². The summed E-state index contributed by atoms with van der Waals surface area (Å²) >= 11 is 0. The van der Waals surface area contributed by atoms with Crippen LogP contribution in [0, 0.1) is 0 Å². The highest BCUT2D eigenvalue weighted by molar-refractivity contribution is 5.76. The smallest absolute Gasteiger partial charge is 0.222 e. The number of unbranched alkanes of at least 4 members (excludes halogenated alkanes) is 4. The fourth-order valence-corrected chi connectivity index (χ4v) is 2.46. The second-order valence-electron chi connectivity index (χ2n) is 6.33. The summed E-state index contributed by atoms with van der Waals surface area (Å²) in [6.07, 6.45) is 5.61. The number of nitrogens with zero attached hydrogens (tertiary/aromatic N) is 1. The van der Waals surface area contributed by atoms with E-state index in [4.69, 9.17) is 24.7 Å². The van der Waals surface area contributed by atoms with Crippen LogP contribution in [0.1, 0.15) is 44.9 Å². The van der Waals surface area contributed by atoms with Gasteiger partial charge < -0.3 is 29.6 Å². The molecule has 2 amide bonds. The summed E-state index contributed by atoms with van der Waals surface area (Å²) in [5, 5.41) is 0. The van der Waals surface area contributed by atoms with Gasteiger partial charge in [0.05, 0.1) is 39.6 Å². The molecule has 0 atom stereocenters. The standard InChI is InChI=1S/C19H38N2O6/c1-24-14-16-26-12-10-21(11-13-27-17-15-25-2)19(23)9-7-5-3-4-6-8-18(20)22/h3-17H2,1-2H3,(H2,20,22). The minimum Gasteiger partial charge on any atom is -0.382 e. The molecule has 0 heterocycles. The van der Waals surface area contributed by atoms with Crippen molar-refractivity contribution in [3.05, 3.63) is 0 Å². The summed E-state index contributed by atoms with van der Waals surface area (Å²) in [4.78, 5) is 24.9. The van der Waals surface area contributed by atoms with Crippen molar-refractivity contribution in [3.63, 3.8) is 0 Å². The summed E-state index contributed by atoms with van der Waals surface area (Å²) in [6.45, 7) is 4.21. The molecule has 0 radical (unpaired) electrons. The molecule has 0 fully saturated rings. The van der Waals surface area contributed by atoms with Crippen LogP contribution < -0.4 is 5.73 Å². The third kappa shape index (κ3) is 17.9. The maximum Gasteiger partial charge on any atom is 0.222 e. The molecule has 2 N–H and O–H groups in total. The summed E-state index contributed by atoms with van der Waals surface area (Å²) < 4.78 is 20.8. The van der Waals surface area contributed by atoms with Crippen LogP contribution in [0.15, 0.2) is 0 Å². The van der Waals surface area contributed by atoms with Crippen molar-refractivity contribution < 1.29 is 28.5 Å². The highest BCUT2D eigenvalue weighted by Crippen LogP contribution is 2.08. The maximum absolute atomic E-state index is 12.5. The summed E-state index contributed by atoms with van der Waals surface area (Å²) in [5.41, 5.74) is 5.12. The third-order valence-corrected chi connectivity index (χ3v) is 4.04. The zero-order valence-electron chi connectivity index (χ0n) is 17.1. The van der Waals surface area contributed by atoms with Crippen LogP contribution in [-0.2, 0) is 28.5 Å². The van der Waals surface area contributed by atoms with E-state index in [1.165, 1.54) is 0 Å². The number of methoxy groups -OCH3 is 2. The molecule has 8 nitrogen and oxygen atoms in total. The van der Waals surface area contributed by atoms with Crippen molar-refractivity contribution in [2.24, 2.45) is 5.73 Å². The van der Waals surface area contributed by atoms with E-state index in [0.717, 1.165) is 32.1 Å². The lowest BCUT2D eigenvalue weighted by atomic mass is 10.1. The molecule has 0 rings (SSSR count). The Morgan fingerprint density at radius 1 is 0.704 bits per heavy atom. The molecule has 160 valence electrons. The largest absolute Gasteiger partial charge is 0.382 e. The van der Waals surface area contributed by atoms with Gasteiger partial charge in [0.25, 0.3) is 0 Å². The van der Waals surface area contributed by atoms with E-state index in [1.807, 2.05) is 0 Å². The molecule has 0 aliphatic heterocycles. The summed E-state index contributed by atoms with van der Waals surface area (Å²) in [6, 6.07) is 0. The van der Waals surface area contributed by atoms with Crippen LogP contribution >= 0.6 is 0 Å². The molecule has 0 aromatic heterocycles. The Labute approximate surface area is 163 Å². The second-order valence-corrected chi connectivity index (χ2v) is 6.33. The minimum atomic E-state index is -0.249. The Hall–Kier alpha value is -1.22. The lowest BCUT2D eigenvalue weighted by molar-refractivity contribution is -0.133. The van der Waals surface area contributed by atoms with Gasteiger partial charge in [-0.05, 0) is 12.8 Å². The first-order valence-corrected chi connectivity index (χ1v) is 9.81. The molecule has 0 unspecified atom stereocenters. The molecule has 0 aromatic carbocycles. The van der Waals surface area contributed by atoms with Crippen LogP contribution in [0.5, 0.6) is 0 Å². The van der Waals surface area contributed by atoms with Gasteiger partial charge in [-0.1, -0.05) is 19.3 Å². The Bertz CT molecular complexity index is 354. The highest BCUT2D eigenvalue weighted by atomic mass is 16.5. The number of amides is 2. The van der Waals surface area contributed by atoms with Gasteiger partial charge in [0, 0.05) is 40.2 Å². The SMILES string of the molecule is COCCOCCN(CCOCCOC)C(=O)CCCCCCCC(N)=O. The molecular formula is C19H38N2O6. The zero-order valence-corrected chi connectivity index (χ0v) is 17.1. The van der Waals surface area contributed by atoms with Gasteiger partial charge in [-0.25, -0.2) is 0 Å². The number of carbonyl (C=O) groups excluding carboxylic acids is 2. The van der Waals surface area contributed by atoms with E-state index in [1.54, 1.807) is 19.1 Å². The molecule has 0 saturated heterocycles. The first-order valence-electron chi connectivity index (χ1n) is 9.81. The van der Waals surface area contributed by atoms with Gasteiger partial charge in [0.15, 0.2) is 0 Å². The number of ether oxygens (including phenoxy) is 4. The van der Waals surface area contributed by atoms with Crippen LogP contribution in [0.4, 0.5) is 0 Å². The van der Waals surface area contributed by atoms with Crippen molar-refractivity contribution in [2.75, 3.05) is 67.0 Å². The number of hydrogen-bond acceptors (Lipinski definition) is 6. The van der Waals surface area contributed by atoms with Gasteiger partial charge in [0.2, 0.25) is 11.8 Å². The fraction of sp³-hybridized carbons (Fsp3) is 0.895. The second kappa shape index (κ2) is 19.5. The molecule has 0 bridgehead atoms. The summed E-state index contributed by atoms with van der Waals surface area (Å²) in [5.74, 6) is -0.126. The molecule has 0 aromatic rings. The molecule has 27 heavy (non-hydrogen) atoms. The monoisotopic (exact) mass is 390 g/mol. The van der Waals surface area contributed by atoms with Crippen molar-refractivity contribution in [2.45, 2.75) is 44.9 Å². The van der Waals surface area contributed by atoms with Gasteiger partial charge >= 0.3 is 0 Å². The molecule has 0 aliphatic carbocycles. The van der Waals surface area contributed by atoms with Gasteiger partial charge in [-0.3, -0.25) is 9.59 Å². The van der Waals surface area contributed by atoms with E-state index in [2.05, 4.69) is 0 Å². The number of primary amides is 1. The van der Waals surface area contributed by atoms with Gasteiger partial charge in [0.1, 0.15) is 0 Å². The predicted molar refractivity (Wildman–Crippen MR) is 103 cm³/mol. The van der Waals surface area contributed by atoms with E-state index in [0.29, 0.717) is 65.6 Å². The average molecular weight is 391 g/mol. The van der Waals surface area contributed by atoms with E-state index in [-0.39, 0.29) is 11.8 Å². The minimum absolute atomic E-state index is 0.123. The normalized spacial score (nSPS) is 10.9. The molecular weight excluding hydrogens is 352 g/mol. The lowest BCUT2D eigenvalue weighted by Crippen LogP contribution is -2.37. The van der Waals surface area contributed by atoms with Crippen molar-refractivity contribution >= 4 is 11.8 Å². The Morgan fingerprint density at radius 2 is 1.19 bits per heavy atom. The van der Waals surface area contributed by atoms with Crippen LogP contribution in [-0.4, -0.2) is 83.7 Å². The van der Waals surface area contributed by atoms with Crippen molar-refractivity contribution in [3.8, 4) is 0 Å². The molecule has 8 heteroatoms. The quantitative estimate of drug-likeness (QED) is 0.315. The summed E-state index contributed by atoms with van der Waals surface area (Å²) in [7, 11) is 3.26. The van der Waals surface area contributed by atoms with Crippen molar-refractivity contribution in [1.82, 2.24) is 4.90 Å². The number of carbonyl (C=O) groups is 2. The predicted octanol–water partition coefficient (Wildman–Crippen LogP) is 1.36. The number of hydrogen-bond donors (Lipinski definition) is 1. The first kappa shape index (κ1) is 25.8.